The SMILES string of the molecule is CCCNC(=O)CN(c1ccc(C)cc1)S(=O)(=O)c1ccccc1. The number of nitrogens with zero attached hydrogens (tertiary/aromatic N) is 1. The number of anilines is 1. The highest BCUT2D eigenvalue weighted by atomic mass is 32.2. The zero-order valence-corrected chi connectivity index (χ0v) is 14.7. The third-order valence-corrected chi connectivity index (χ3v) is 5.30. The average Bonchev–Trinajstić information content (AvgIpc) is 2.59. The van der Waals surface area contributed by atoms with E-state index in [1.807, 2.05) is 26.0 Å². The molecule has 2 rings (SSSR count). The van der Waals surface area contributed by atoms with Gasteiger partial charge in [-0.3, -0.25) is 9.10 Å². The first kappa shape index (κ1) is 18.0. The molecule has 0 aliphatic carbocycles. The first-order valence-corrected chi connectivity index (χ1v) is 9.30. The Morgan fingerprint density at radius 1 is 1.04 bits per heavy atom. The van der Waals surface area contributed by atoms with Crippen molar-refractivity contribution in [2.45, 2.75) is 25.2 Å². The van der Waals surface area contributed by atoms with E-state index >= 15 is 0 Å². The lowest BCUT2D eigenvalue weighted by Crippen LogP contribution is -2.41. The molecule has 2 aromatic rings. The molecule has 0 atom stereocenters. The van der Waals surface area contributed by atoms with E-state index in [0.29, 0.717) is 12.2 Å². The predicted octanol–water partition coefficient (Wildman–Crippen LogP) is 2.72. The molecule has 1 N–H and O–H groups in total. The van der Waals surface area contributed by atoms with Crippen molar-refractivity contribution in [1.82, 2.24) is 5.32 Å². The molecule has 6 heteroatoms. The van der Waals surface area contributed by atoms with Crippen LogP contribution in [0.4, 0.5) is 5.69 Å². The van der Waals surface area contributed by atoms with E-state index in [1.165, 1.54) is 12.1 Å². The smallest absolute Gasteiger partial charge is 0.264 e. The fourth-order valence-electron chi connectivity index (χ4n) is 2.20. The fourth-order valence-corrected chi connectivity index (χ4v) is 3.64. The summed E-state index contributed by atoms with van der Waals surface area (Å²) in [4.78, 5) is 12.3. The molecule has 24 heavy (non-hydrogen) atoms. The Balaban J connectivity index is 2.39. The van der Waals surface area contributed by atoms with Gasteiger partial charge in [0, 0.05) is 6.54 Å². The molecule has 0 unspecified atom stereocenters. The van der Waals surface area contributed by atoms with Crippen LogP contribution < -0.4 is 9.62 Å². The topological polar surface area (TPSA) is 66.5 Å². The first-order valence-electron chi connectivity index (χ1n) is 7.86. The van der Waals surface area contributed by atoms with Crippen molar-refractivity contribution >= 4 is 21.6 Å². The molecular weight excluding hydrogens is 324 g/mol. The molecule has 0 saturated carbocycles. The number of carbonyl (C=O) groups is 1. The van der Waals surface area contributed by atoms with E-state index in [2.05, 4.69) is 5.32 Å². The Hall–Kier alpha value is -2.34. The fraction of sp³-hybridized carbons (Fsp3) is 0.278. The molecule has 1 amide bonds. The van der Waals surface area contributed by atoms with Crippen LogP contribution in [0.2, 0.25) is 0 Å². The number of benzene rings is 2. The van der Waals surface area contributed by atoms with Gasteiger partial charge in [0.05, 0.1) is 10.6 Å². The van der Waals surface area contributed by atoms with Gasteiger partial charge in [-0.2, -0.15) is 0 Å². The molecule has 0 spiro atoms. The molecular formula is C18H22N2O3S. The van der Waals surface area contributed by atoms with Crippen LogP contribution in [-0.2, 0) is 14.8 Å². The van der Waals surface area contributed by atoms with Crippen molar-refractivity contribution in [2.24, 2.45) is 0 Å². The number of amides is 1. The third kappa shape index (κ3) is 4.35. The summed E-state index contributed by atoms with van der Waals surface area (Å²) in [6, 6.07) is 15.2. The number of aryl methyl sites for hydroxylation is 1. The molecule has 0 saturated heterocycles. The number of hydrogen-bond donors (Lipinski definition) is 1. The minimum Gasteiger partial charge on any atom is -0.355 e. The zero-order valence-electron chi connectivity index (χ0n) is 13.9. The minimum absolute atomic E-state index is 0.161. The van der Waals surface area contributed by atoms with Gasteiger partial charge >= 0.3 is 0 Å². The molecule has 0 fully saturated rings. The second-order valence-electron chi connectivity index (χ2n) is 5.51. The highest BCUT2D eigenvalue weighted by Gasteiger charge is 2.26. The second kappa shape index (κ2) is 7.97. The first-order chi connectivity index (χ1) is 11.4. The van der Waals surface area contributed by atoms with Crippen LogP contribution in [0.5, 0.6) is 0 Å². The lowest BCUT2D eigenvalue weighted by Gasteiger charge is -2.24. The number of nitrogens with one attached hydrogen (secondary N) is 1. The lowest BCUT2D eigenvalue weighted by molar-refractivity contribution is -0.119. The van der Waals surface area contributed by atoms with Gasteiger partial charge in [-0.1, -0.05) is 42.8 Å². The van der Waals surface area contributed by atoms with Crippen LogP contribution in [0.3, 0.4) is 0 Å². The highest BCUT2D eigenvalue weighted by molar-refractivity contribution is 7.92. The van der Waals surface area contributed by atoms with Gasteiger partial charge in [-0.25, -0.2) is 8.42 Å². The van der Waals surface area contributed by atoms with Crippen molar-refractivity contribution in [1.29, 1.82) is 0 Å². The summed E-state index contributed by atoms with van der Waals surface area (Å²) in [6.45, 7) is 4.14. The monoisotopic (exact) mass is 346 g/mol. The maximum Gasteiger partial charge on any atom is 0.264 e. The van der Waals surface area contributed by atoms with Gasteiger partial charge < -0.3 is 5.32 Å². The number of rotatable bonds is 7. The van der Waals surface area contributed by atoms with Crippen LogP contribution in [0, 0.1) is 6.92 Å². The van der Waals surface area contributed by atoms with E-state index in [4.69, 9.17) is 0 Å². The van der Waals surface area contributed by atoms with Gasteiger partial charge in [0.15, 0.2) is 0 Å². The summed E-state index contributed by atoms with van der Waals surface area (Å²) < 4.78 is 27.1. The standard InChI is InChI=1S/C18H22N2O3S/c1-3-13-19-18(21)14-20(16-11-9-15(2)10-12-16)24(22,23)17-7-5-4-6-8-17/h4-12H,3,13-14H2,1-2H3,(H,19,21). The second-order valence-corrected chi connectivity index (χ2v) is 7.37. The zero-order chi connectivity index (χ0) is 17.6. The Labute approximate surface area is 143 Å². The van der Waals surface area contributed by atoms with E-state index in [1.54, 1.807) is 30.3 Å². The molecule has 0 heterocycles. The lowest BCUT2D eigenvalue weighted by atomic mass is 10.2. The van der Waals surface area contributed by atoms with Crippen molar-refractivity contribution in [3.05, 3.63) is 60.2 Å². The Bertz CT molecular complexity index is 772. The predicted molar refractivity (Wildman–Crippen MR) is 95.5 cm³/mol. The van der Waals surface area contributed by atoms with E-state index in [0.717, 1.165) is 16.3 Å². The normalized spacial score (nSPS) is 11.1. The summed E-state index contributed by atoms with van der Waals surface area (Å²) in [5, 5.41) is 2.72. The van der Waals surface area contributed by atoms with E-state index in [9.17, 15) is 13.2 Å². The van der Waals surface area contributed by atoms with E-state index < -0.39 is 10.0 Å². The maximum atomic E-state index is 13.0. The van der Waals surface area contributed by atoms with Gasteiger partial charge in [-0.15, -0.1) is 0 Å². The van der Waals surface area contributed by atoms with Gasteiger partial charge in [0.1, 0.15) is 6.54 Å². The van der Waals surface area contributed by atoms with Crippen LogP contribution >= 0.6 is 0 Å². The summed E-state index contributed by atoms with van der Waals surface area (Å²) in [6.07, 6.45) is 0.793. The van der Waals surface area contributed by atoms with E-state index in [-0.39, 0.29) is 17.3 Å². The van der Waals surface area contributed by atoms with Gasteiger partial charge in [0.2, 0.25) is 5.91 Å². The minimum atomic E-state index is -3.81. The molecule has 0 aromatic heterocycles. The number of hydrogen-bond acceptors (Lipinski definition) is 3. The Morgan fingerprint density at radius 3 is 2.25 bits per heavy atom. The number of sulfonamides is 1. The number of carbonyl (C=O) groups excluding carboxylic acids is 1. The summed E-state index contributed by atoms with van der Waals surface area (Å²) in [5.41, 5.74) is 1.49. The quantitative estimate of drug-likeness (QED) is 0.838. The average molecular weight is 346 g/mol. The van der Waals surface area contributed by atoms with Gasteiger partial charge in [0.25, 0.3) is 10.0 Å². The van der Waals surface area contributed by atoms with Crippen LogP contribution in [0.15, 0.2) is 59.5 Å². The largest absolute Gasteiger partial charge is 0.355 e. The highest BCUT2D eigenvalue weighted by Crippen LogP contribution is 2.23. The Kier molecular flexibility index (Phi) is 5.98. The molecule has 0 aliphatic heterocycles. The molecule has 5 nitrogen and oxygen atoms in total. The summed E-state index contributed by atoms with van der Waals surface area (Å²) in [5.74, 6) is -0.322. The van der Waals surface area contributed by atoms with Crippen molar-refractivity contribution in [2.75, 3.05) is 17.4 Å². The molecule has 0 radical (unpaired) electrons. The molecule has 2 aromatic carbocycles. The van der Waals surface area contributed by atoms with Crippen LogP contribution in [0.1, 0.15) is 18.9 Å². The van der Waals surface area contributed by atoms with Gasteiger partial charge in [-0.05, 0) is 37.6 Å². The van der Waals surface area contributed by atoms with Crippen molar-refractivity contribution < 1.29 is 13.2 Å². The summed E-state index contributed by atoms with van der Waals surface area (Å²) >= 11 is 0. The van der Waals surface area contributed by atoms with Crippen LogP contribution in [-0.4, -0.2) is 27.4 Å². The maximum absolute atomic E-state index is 13.0. The van der Waals surface area contributed by atoms with Crippen LogP contribution in [0.25, 0.3) is 0 Å². The summed E-state index contributed by atoms with van der Waals surface area (Å²) in [7, 11) is -3.81. The van der Waals surface area contributed by atoms with Crippen molar-refractivity contribution in [3.63, 3.8) is 0 Å². The van der Waals surface area contributed by atoms with Crippen molar-refractivity contribution in [3.8, 4) is 0 Å². The molecule has 0 aliphatic rings. The molecule has 128 valence electrons. The molecule has 0 bridgehead atoms. The Morgan fingerprint density at radius 2 is 1.67 bits per heavy atom. The third-order valence-electron chi connectivity index (χ3n) is 3.51.